The van der Waals surface area contributed by atoms with E-state index in [1.807, 2.05) is 0 Å². The highest BCUT2D eigenvalue weighted by Gasteiger charge is 2.30. The second kappa shape index (κ2) is 5.90. The van der Waals surface area contributed by atoms with E-state index in [4.69, 9.17) is 4.42 Å². The van der Waals surface area contributed by atoms with Crippen LogP contribution in [0.1, 0.15) is 55.7 Å². The molecule has 3 rings (SSSR count). The van der Waals surface area contributed by atoms with Crippen molar-refractivity contribution < 1.29 is 4.42 Å². The van der Waals surface area contributed by atoms with Gasteiger partial charge in [0, 0.05) is 30.7 Å². The maximum Gasteiger partial charge on any atom is 0.105 e. The molecule has 0 saturated carbocycles. The fraction of sp³-hybridized carbons (Fsp3) is 0.765. The molecule has 2 unspecified atom stereocenters. The van der Waals surface area contributed by atoms with Gasteiger partial charge in [-0.3, -0.25) is 9.80 Å². The molecule has 0 aliphatic carbocycles. The van der Waals surface area contributed by atoms with Crippen LogP contribution in [0.5, 0.6) is 0 Å². The summed E-state index contributed by atoms with van der Waals surface area (Å²) in [4.78, 5) is 5.40. The van der Waals surface area contributed by atoms with Gasteiger partial charge in [0.25, 0.3) is 0 Å². The molecule has 3 heterocycles. The van der Waals surface area contributed by atoms with Crippen LogP contribution >= 0.6 is 0 Å². The highest BCUT2D eigenvalue weighted by atomic mass is 16.3. The zero-order valence-electron chi connectivity index (χ0n) is 13.2. The molecule has 0 aromatic carbocycles. The number of piperidine rings is 1. The molecule has 2 atom stereocenters. The number of rotatable bonds is 2. The maximum absolute atomic E-state index is 5.73. The van der Waals surface area contributed by atoms with Crippen LogP contribution in [0.15, 0.2) is 10.5 Å². The lowest BCUT2D eigenvalue weighted by molar-refractivity contribution is 0.122. The van der Waals surface area contributed by atoms with Crippen molar-refractivity contribution in [3.63, 3.8) is 0 Å². The highest BCUT2D eigenvalue weighted by molar-refractivity contribution is 5.23. The Labute approximate surface area is 122 Å². The molecule has 2 saturated heterocycles. The third-order valence-electron chi connectivity index (χ3n) is 5.16. The molecule has 1 aromatic heterocycles. The topological polar surface area (TPSA) is 19.6 Å². The molecule has 1 aromatic rings. The van der Waals surface area contributed by atoms with Gasteiger partial charge in [0.15, 0.2) is 0 Å². The Hall–Kier alpha value is -0.800. The molecule has 3 heteroatoms. The predicted octanol–water partition coefficient (Wildman–Crippen LogP) is 3.52. The van der Waals surface area contributed by atoms with Crippen LogP contribution in [0.25, 0.3) is 0 Å². The van der Waals surface area contributed by atoms with Crippen LogP contribution in [0, 0.1) is 13.8 Å². The summed E-state index contributed by atoms with van der Waals surface area (Å²) in [6.07, 6.45) is 5.49. The van der Waals surface area contributed by atoms with Gasteiger partial charge in [-0.05, 0) is 59.2 Å². The van der Waals surface area contributed by atoms with E-state index in [-0.39, 0.29) is 0 Å². The van der Waals surface area contributed by atoms with Crippen molar-refractivity contribution in [3.8, 4) is 0 Å². The van der Waals surface area contributed by atoms with Crippen molar-refractivity contribution in [2.24, 2.45) is 0 Å². The van der Waals surface area contributed by atoms with Gasteiger partial charge in [0.05, 0.1) is 0 Å². The Morgan fingerprint density at radius 3 is 2.70 bits per heavy atom. The summed E-state index contributed by atoms with van der Waals surface area (Å²) in [7, 11) is 0. The van der Waals surface area contributed by atoms with E-state index in [1.54, 1.807) is 0 Å². The summed E-state index contributed by atoms with van der Waals surface area (Å²) in [5.74, 6) is 2.14. The molecule has 0 amide bonds. The van der Waals surface area contributed by atoms with E-state index >= 15 is 0 Å². The van der Waals surface area contributed by atoms with Gasteiger partial charge < -0.3 is 4.42 Å². The first kappa shape index (κ1) is 14.2. The van der Waals surface area contributed by atoms with E-state index in [2.05, 4.69) is 36.6 Å². The van der Waals surface area contributed by atoms with Gasteiger partial charge in [-0.15, -0.1) is 0 Å². The standard InChI is InChI=1S/C17H28N2O/c1-13-11-17(15(3)20-13)14(2)19-10-6-9-18-8-5-4-7-16(18)12-19/h11,14,16H,4-10,12H2,1-3H3. The molecular weight excluding hydrogens is 248 g/mol. The fourth-order valence-corrected chi connectivity index (χ4v) is 4.01. The van der Waals surface area contributed by atoms with Crippen molar-refractivity contribution >= 4 is 0 Å². The number of furan rings is 1. The molecule has 0 spiro atoms. The Kier molecular flexibility index (Phi) is 4.18. The average molecular weight is 276 g/mol. The second-order valence-electron chi connectivity index (χ2n) is 6.58. The molecule has 20 heavy (non-hydrogen) atoms. The van der Waals surface area contributed by atoms with Crippen LogP contribution in [-0.4, -0.2) is 42.0 Å². The minimum absolute atomic E-state index is 0.481. The van der Waals surface area contributed by atoms with E-state index in [0.29, 0.717) is 6.04 Å². The van der Waals surface area contributed by atoms with Crippen molar-refractivity contribution in [1.29, 1.82) is 0 Å². The summed E-state index contributed by atoms with van der Waals surface area (Å²) in [6, 6.07) is 3.49. The first-order valence-electron chi connectivity index (χ1n) is 8.20. The minimum atomic E-state index is 0.481. The molecule has 3 nitrogen and oxygen atoms in total. The number of nitrogens with zero attached hydrogens (tertiary/aromatic N) is 2. The summed E-state index contributed by atoms with van der Waals surface area (Å²) in [5, 5.41) is 0. The quantitative estimate of drug-likeness (QED) is 0.824. The first-order chi connectivity index (χ1) is 9.65. The summed E-state index contributed by atoms with van der Waals surface area (Å²) < 4.78 is 5.73. The number of hydrogen-bond acceptors (Lipinski definition) is 3. The average Bonchev–Trinajstić information content (AvgIpc) is 2.65. The zero-order chi connectivity index (χ0) is 14.1. The Morgan fingerprint density at radius 2 is 1.95 bits per heavy atom. The lowest BCUT2D eigenvalue weighted by Gasteiger charge is -2.36. The normalized spacial score (nSPS) is 27.1. The van der Waals surface area contributed by atoms with Crippen LogP contribution in [-0.2, 0) is 0 Å². The summed E-state index contributed by atoms with van der Waals surface area (Å²) >= 11 is 0. The zero-order valence-corrected chi connectivity index (χ0v) is 13.2. The van der Waals surface area contributed by atoms with Crippen molar-refractivity contribution in [3.05, 3.63) is 23.2 Å². The van der Waals surface area contributed by atoms with Gasteiger partial charge in [-0.2, -0.15) is 0 Å². The predicted molar refractivity (Wildman–Crippen MR) is 82.0 cm³/mol. The molecule has 0 radical (unpaired) electrons. The van der Waals surface area contributed by atoms with Crippen LogP contribution in [0.2, 0.25) is 0 Å². The van der Waals surface area contributed by atoms with Crippen molar-refractivity contribution in [1.82, 2.24) is 9.80 Å². The van der Waals surface area contributed by atoms with E-state index < -0.39 is 0 Å². The Bertz CT molecular complexity index is 454. The van der Waals surface area contributed by atoms with E-state index in [9.17, 15) is 0 Å². The maximum atomic E-state index is 5.73. The number of aryl methyl sites for hydroxylation is 2. The van der Waals surface area contributed by atoms with Gasteiger partial charge in [0.1, 0.15) is 11.5 Å². The monoisotopic (exact) mass is 276 g/mol. The minimum Gasteiger partial charge on any atom is -0.466 e. The molecule has 112 valence electrons. The molecule has 0 N–H and O–H groups in total. The smallest absolute Gasteiger partial charge is 0.105 e. The fourth-order valence-electron chi connectivity index (χ4n) is 4.01. The third kappa shape index (κ3) is 2.79. The van der Waals surface area contributed by atoms with Gasteiger partial charge in [0.2, 0.25) is 0 Å². The molecule has 2 aliphatic heterocycles. The highest BCUT2D eigenvalue weighted by Crippen LogP contribution is 2.30. The van der Waals surface area contributed by atoms with E-state index in [1.165, 1.54) is 57.4 Å². The van der Waals surface area contributed by atoms with Crippen LogP contribution < -0.4 is 0 Å². The van der Waals surface area contributed by atoms with Crippen LogP contribution in [0.3, 0.4) is 0 Å². The SMILES string of the molecule is Cc1cc(C(C)N2CCCN3CCCCC3C2)c(C)o1. The summed E-state index contributed by atoms with van der Waals surface area (Å²) in [5.41, 5.74) is 1.38. The lowest BCUT2D eigenvalue weighted by Crippen LogP contribution is -2.44. The van der Waals surface area contributed by atoms with Gasteiger partial charge in [-0.1, -0.05) is 6.42 Å². The third-order valence-corrected chi connectivity index (χ3v) is 5.16. The first-order valence-corrected chi connectivity index (χ1v) is 8.20. The second-order valence-corrected chi connectivity index (χ2v) is 6.58. The molecular formula is C17H28N2O. The van der Waals surface area contributed by atoms with Crippen LogP contribution in [0.4, 0.5) is 0 Å². The largest absolute Gasteiger partial charge is 0.466 e. The number of hydrogen-bond donors (Lipinski definition) is 0. The van der Waals surface area contributed by atoms with E-state index in [0.717, 1.165) is 17.6 Å². The Balaban J connectivity index is 1.74. The molecule has 0 bridgehead atoms. The summed E-state index contributed by atoms with van der Waals surface area (Å²) in [6.45, 7) is 11.5. The van der Waals surface area contributed by atoms with Crippen molar-refractivity contribution in [2.75, 3.05) is 26.2 Å². The molecule has 2 aliphatic rings. The number of fused-ring (bicyclic) bond motifs is 1. The van der Waals surface area contributed by atoms with Gasteiger partial charge >= 0.3 is 0 Å². The lowest BCUT2D eigenvalue weighted by atomic mass is 10.0. The Morgan fingerprint density at radius 1 is 1.15 bits per heavy atom. The molecule has 2 fully saturated rings. The van der Waals surface area contributed by atoms with Gasteiger partial charge in [-0.25, -0.2) is 0 Å². The van der Waals surface area contributed by atoms with Crippen molar-refractivity contribution in [2.45, 2.75) is 58.5 Å².